The van der Waals surface area contributed by atoms with Crippen LogP contribution in [0.4, 0.5) is 4.79 Å². The summed E-state index contributed by atoms with van der Waals surface area (Å²) in [5, 5.41) is 2.85. The Bertz CT molecular complexity index is 638. The molecule has 0 radical (unpaired) electrons. The van der Waals surface area contributed by atoms with E-state index in [9.17, 15) is 13.2 Å². The van der Waals surface area contributed by atoms with Gasteiger partial charge in [0.2, 0.25) is 10.0 Å². The second-order valence-electron chi connectivity index (χ2n) is 5.93. The van der Waals surface area contributed by atoms with E-state index < -0.39 is 10.0 Å². The van der Waals surface area contributed by atoms with E-state index in [0.29, 0.717) is 37.4 Å². The van der Waals surface area contributed by atoms with Crippen LogP contribution in [0, 0.1) is 6.92 Å². The van der Waals surface area contributed by atoms with Gasteiger partial charge in [-0.3, -0.25) is 0 Å². The van der Waals surface area contributed by atoms with Crippen molar-refractivity contribution in [3.63, 3.8) is 0 Å². The zero-order chi connectivity index (χ0) is 16.9. The lowest BCUT2D eigenvalue weighted by Crippen LogP contribution is -2.49. The molecule has 23 heavy (non-hydrogen) atoms. The number of likely N-dealkylation sites (tertiary alicyclic amines) is 1. The van der Waals surface area contributed by atoms with Crippen LogP contribution in [0.2, 0.25) is 0 Å². The summed E-state index contributed by atoms with van der Waals surface area (Å²) >= 11 is 0. The zero-order valence-electron chi connectivity index (χ0n) is 13.7. The Kier molecular flexibility index (Phi) is 6.01. The SMILES string of the molecule is CCCNC(=O)N1CCC(NS(=O)(=O)c2cccc(C)c2)CC1. The second-order valence-corrected chi connectivity index (χ2v) is 7.65. The number of benzene rings is 1. The van der Waals surface area contributed by atoms with Gasteiger partial charge in [0, 0.05) is 25.7 Å². The van der Waals surface area contributed by atoms with Gasteiger partial charge >= 0.3 is 6.03 Å². The van der Waals surface area contributed by atoms with Crippen LogP contribution in [0.1, 0.15) is 31.7 Å². The van der Waals surface area contributed by atoms with Crippen molar-refractivity contribution in [2.75, 3.05) is 19.6 Å². The van der Waals surface area contributed by atoms with Gasteiger partial charge in [-0.2, -0.15) is 0 Å². The minimum Gasteiger partial charge on any atom is -0.338 e. The van der Waals surface area contributed by atoms with E-state index in [2.05, 4.69) is 10.0 Å². The fourth-order valence-corrected chi connectivity index (χ4v) is 4.02. The molecule has 6 nitrogen and oxygen atoms in total. The third kappa shape index (κ3) is 4.94. The fourth-order valence-electron chi connectivity index (χ4n) is 2.61. The molecule has 0 atom stereocenters. The lowest BCUT2D eigenvalue weighted by molar-refractivity contribution is 0.180. The van der Waals surface area contributed by atoms with Gasteiger partial charge in [0.25, 0.3) is 0 Å². The summed E-state index contributed by atoms with van der Waals surface area (Å²) in [4.78, 5) is 13.9. The summed E-state index contributed by atoms with van der Waals surface area (Å²) < 4.78 is 27.6. The highest BCUT2D eigenvalue weighted by Crippen LogP contribution is 2.16. The molecule has 2 rings (SSSR count). The molecule has 1 fully saturated rings. The molecule has 1 aliphatic heterocycles. The molecule has 1 aromatic carbocycles. The number of aryl methyl sites for hydroxylation is 1. The van der Waals surface area contributed by atoms with Crippen LogP contribution in [-0.2, 0) is 10.0 Å². The van der Waals surface area contributed by atoms with Crippen molar-refractivity contribution in [2.45, 2.75) is 44.0 Å². The molecule has 128 valence electrons. The maximum atomic E-state index is 12.4. The maximum Gasteiger partial charge on any atom is 0.317 e. The molecule has 0 aromatic heterocycles. The van der Waals surface area contributed by atoms with Gasteiger partial charge in [-0.15, -0.1) is 0 Å². The van der Waals surface area contributed by atoms with E-state index in [1.165, 1.54) is 0 Å². The summed E-state index contributed by atoms with van der Waals surface area (Å²) in [6, 6.07) is 6.68. The monoisotopic (exact) mass is 339 g/mol. The molecule has 0 aliphatic carbocycles. The van der Waals surface area contributed by atoms with Crippen LogP contribution in [-0.4, -0.2) is 45.0 Å². The molecule has 1 heterocycles. The standard InChI is InChI=1S/C16H25N3O3S/c1-3-9-17-16(20)19-10-7-14(8-11-19)18-23(21,22)15-6-4-5-13(2)12-15/h4-6,12,14,18H,3,7-11H2,1-2H3,(H,17,20). The molecule has 0 bridgehead atoms. The van der Waals surface area contributed by atoms with Crippen molar-refractivity contribution >= 4 is 16.1 Å². The van der Waals surface area contributed by atoms with E-state index in [-0.39, 0.29) is 12.1 Å². The normalized spacial score (nSPS) is 16.3. The number of hydrogen-bond acceptors (Lipinski definition) is 3. The third-order valence-corrected chi connectivity index (χ3v) is 5.45. The number of urea groups is 1. The van der Waals surface area contributed by atoms with Crippen molar-refractivity contribution in [1.82, 2.24) is 14.9 Å². The van der Waals surface area contributed by atoms with Gasteiger partial charge in [-0.25, -0.2) is 17.9 Å². The van der Waals surface area contributed by atoms with Crippen LogP contribution >= 0.6 is 0 Å². The first-order valence-corrected chi connectivity index (χ1v) is 9.52. The van der Waals surface area contributed by atoms with Gasteiger partial charge in [0.1, 0.15) is 0 Å². The summed E-state index contributed by atoms with van der Waals surface area (Å²) in [6.07, 6.45) is 2.16. The number of nitrogens with zero attached hydrogens (tertiary/aromatic N) is 1. The molecule has 0 spiro atoms. The maximum absolute atomic E-state index is 12.4. The topological polar surface area (TPSA) is 78.5 Å². The van der Waals surface area contributed by atoms with E-state index >= 15 is 0 Å². The Hall–Kier alpha value is -1.60. The lowest BCUT2D eigenvalue weighted by Gasteiger charge is -2.32. The van der Waals surface area contributed by atoms with Crippen LogP contribution in [0.25, 0.3) is 0 Å². The van der Waals surface area contributed by atoms with Crippen molar-refractivity contribution in [3.05, 3.63) is 29.8 Å². The fraction of sp³-hybridized carbons (Fsp3) is 0.562. The number of rotatable bonds is 5. The number of carbonyl (C=O) groups excluding carboxylic acids is 1. The van der Waals surface area contributed by atoms with Crippen molar-refractivity contribution in [3.8, 4) is 0 Å². The number of piperidine rings is 1. The van der Waals surface area contributed by atoms with Crippen LogP contribution in [0.15, 0.2) is 29.2 Å². The van der Waals surface area contributed by atoms with E-state index in [0.717, 1.165) is 12.0 Å². The van der Waals surface area contributed by atoms with Crippen LogP contribution in [0.5, 0.6) is 0 Å². The highest BCUT2D eigenvalue weighted by atomic mass is 32.2. The number of nitrogens with one attached hydrogen (secondary N) is 2. The Balaban J connectivity index is 1.90. The summed E-state index contributed by atoms with van der Waals surface area (Å²) in [6.45, 7) is 5.67. The quantitative estimate of drug-likeness (QED) is 0.859. The van der Waals surface area contributed by atoms with Gasteiger partial charge in [-0.05, 0) is 43.9 Å². The first-order valence-electron chi connectivity index (χ1n) is 8.04. The van der Waals surface area contributed by atoms with Gasteiger partial charge < -0.3 is 10.2 Å². The minimum absolute atomic E-state index is 0.0631. The molecule has 2 amide bonds. The number of carbonyl (C=O) groups is 1. The average molecular weight is 339 g/mol. The predicted octanol–water partition coefficient (Wildman–Crippen LogP) is 1.86. The molecule has 0 saturated carbocycles. The average Bonchev–Trinajstić information content (AvgIpc) is 2.53. The van der Waals surface area contributed by atoms with Crippen LogP contribution in [0.3, 0.4) is 0 Å². The summed E-state index contributed by atoms with van der Waals surface area (Å²) in [5.74, 6) is 0. The van der Waals surface area contributed by atoms with Gasteiger partial charge in [-0.1, -0.05) is 19.1 Å². The molecule has 1 saturated heterocycles. The molecule has 0 unspecified atom stereocenters. The Morgan fingerprint density at radius 3 is 2.61 bits per heavy atom. The van der Waals surface area contributed by atoms with Gasteiger partial charge in [0.15, 0.2) is 0 Å². The van der Waals surface area contributed by atoms with Crippen molar-refractivity contribution in [2.24, 2.45) is 0 Å². The Labute approximate surface area is 138 Å². The molecular weight excluding hydrogens is 314 g/mol. The summed E-state index contributed by atoms with van der Waals surface area (Å²) in [7, 11) is -3.50. The number of sulfonamides is 1. The van der Waals surface area contributed by atoms with Gasteiger partial charge in [0.05, 0.1) is 4.90 Å². The highest BCUT2D eigenvalue weighted by Gasteiger charge is 2.26. The van der Waals surface area contributed by atoms with Crippen molar-refractivity contribution < 1.29 is 13.2 Å². The van der Waals surface area contributed by atoms with E-state index in [1.54, 1.807) is 23.1 Å². The third-order valence-electron chi connectivity index (χ3n) is 3.93. The molecule has 1 aromatic rings. The first kappa shape index (κ1) is 17.7. The molecule has 7 heteroatoms. The summed E-state index contributed by atoms with van der Waals surface area (Å²) in [5.41, 5.74) is 0.912. The zero-order valence-corrected chi connectivity index (χ0v) is 14.5. The molecule has 2 N–H and O–H groups in total. The highest BCUT2D eigenvalue weighted by molar-refractivity contribution is 7.89. The second kappa shape index (κ2) is 7.79. The number of amides is 2. The Morgan fingerprint density at radius 2 is 2.00 bits per heavy atom. The Morgan fingerprint density at radius 1 is 1.30 bits per heavy atom. The lowest BCUT2D eigenvalue weighted by atomic mass is 10.1. The molecule has 1 aliphatic rings. The van der Waals surface area contributed by atoms with E-state index in [4.69, 9.17) is 0 Å². The predicted molar refractivity (Wildman–Crippen MR) is 89.8 cm³/mol. The smallest absolute Gasteiger partial charge is 0.317 e. The van der Waals surface area contributed by atoms with E-state index in [1.807, 2.05) is 19.9 Å². The van der Waals surface area contributed by atoms with Crippen LogP contribution < -0.4 is 10.0 Å². The number of hydrogen-bond donors (Lipinski definition) is 2. The minimum atomic E-state index is -3.50. The first-order chi connectivity index (χ1) is 10.9. The van der Waals surface area contributed by atoms with Crippen molar-refractivity contribution in [1.29, 1.82) is 0 Å². The molecular formula is C16H25N3O3S. The largest absolute Gasteiger partial charge is 0.338 e.